The van der Waals surface area contributed by atoms with Gasteiger partial charge in [-0.3, -0.25) is 4.79 Å². The van der Waals surface area contributed by atoms with Crippen LogP contribution >= 0.6 is 15.9 Å². The minimum atomic E-state index is -1.18. The van der Waals surface area contributed by atoms with Crippen molar-refractivity contribution in [2.24, 2.45) is 5.92 Å². The molecule has 0 aromatic heterocycles. The van der Waals surface area contributed by atoms with Crippen LogP contribution in [0.5, 0.6) is 5.75 Å². The molecule has 21 heavy (non-hydrogen) atoms. The molecule has 0 spiro atoms. The summed E-state index contributed by atoms with van der Waals surface area (Å²) in [4.78, 5) is 23.0. The van der Waals surface area contributed by atoms with Crippen LogP contribution in [0, 0.1) is 22.7 Å². The molecule has 0 aliphatic rings. The number of hydrogen-bond donors (Lipinski definition) is 1. The van der Waals surface area contributed by atoms with Crippen LogP contribution in [0.25, 0.3) is 0 Å². The average molecular weight is 353 g/mol. The van der Waals surface area contributed by atoms with E-state index >= 15 is 0 Å². The number of halogens is 1. The van der Waals surface area contributed by atoms with Gasteiger partial charge in [-0.15, -0.1) is 0 Å². The maximum absolute atomic E-state index is 11.6. The highest BCUT2D eigenvalue weighted by molar-refractivity contribution is 9.10. The highest BCUT2D eigenvalue weighted by Gasteiger charge is 2.21. The van der Waals surface area contributed by atoms with E-state index < -0.39 is 24.3 Å². The van der Waals surface area contributed by atoms with Crippen molar-refractivity contribution in [1.29, 1.82) is 10.7 Å². The lowest BCUT2D eigenvalue weighted by molar-refractivity contribution is -0.150. The van der Waals surface area contributed by atoms with Crippen molar-refractivity contribution in [2.45, 2.75) is 6.92 Å². The van der Waals surface area contributed by atoms with Gasteiger partial charge in [0.05, 0.1) is 6.07 Å². The Morgan fingerprint density at radius 2 is 2.14 bits per heavy atom. The lowest BCUT2D eigenvalue weighted by Gasteiger charge is -2.08. The van der Waals surface area contributed by atoms with E-state index in [9.17, 15) is 9.59 Å². The summed E-state index contributed by atoms with van der Waals surface area (Å²) in [6.07, 6.45) is 0. The van der Waals surface area contributed by atoms with Crippen molar-refractivity contribution < 1.29 is 19.1 Å². The second-order valence-electron chi connectivity index (χ2n) is 4.12. The number of Topliss-reactive ketones (excluding diaryl/α,β-unsaturated/α-hetero) is 1. The number of nitrogens with one attached hydrogen (secondary N) is 1. The Morgan fingerprint density at radius 1 is 1.43 bits per heavy atom. The third-order valence-corrected chi connectivity index (χ3v) is 2.91. The molecule has 1 rings (SSSR count). The maximum atomic E-state index is 11.6. The first-order valence-corrected chi connectivity index (χ1v) is 6.74. The molecule has 7 heteroatoms. The van der Waals surface area contributed by atoms with Crippen LogP contribution in [0.2, 0.25) is 0 Å². The average Bonchev–Trinajstić information content (AvgIpc) is 2.43. The fourth-order valence-electron chi connectivity index (χ4n) is 1.39. The van der Waals surface area contributed by atoms with Gasteiger partial charge in [0.15, 0.2) is 19.0 Å². The van der Waals surface area contributed by atoms with Gasteiger partial charge in [0.1, 0.15) is 11.7 Å². The van der Waals surface area contributed by atoms with Gasteiger partial charge in [0, 0.05) is 10.2 Å². The molecule has 1 aromatic carbocycles. The van der Waals surface area contributed by atoms with E-state index in [0.717, 1.165) is 4.47 Å². The number of esters is 1. The first-order chi connectivity index (χ1) is 9.93. The summed E-state index contributed by atoms with van der Waals surface area (Å²) < 4.78 is 10.7. The van der Waals surface area contributed by atoms with E-state index in [0.29, 0.717) is 5.75 Å². The number of benzene rings is 1. The molecule has 1 N–H and O–H groups in total. The molecule has 1 atom stereocenters. The van der Waals surface area contributed by atoms with Crippen molar-refractivity contribution in [2.75, 3.05) is 13.2 Å². The quantitative estimate of drug-likeness (QED) is 0.598. The zero-order valence-electron chi connectivity index (χ0n) is 11.3. The summed E-state index contributed by atoms with van der Waals surface area (Å²) in [6.45, 7) is 0.462. The van der Waals surface area contributed by atoms with Crippen molar-refractivity contribution in [3.05, 3.63) is 28.7 Å². The standard InChI is InChI=1S/C14H13BrN2O4/c1-9(17)12(6-16)13(18)7-21-14(19)8-20-11-4-2-3-10(15)5-11/h2-5,12,17H,7-8H2,1H3. The van der Waals surface area contributed by atoms with Gasteiger partial charge in [0.25, 0.3) is 0 Å². The molecule has 6 nitrogen and oxygen atoms in total. The van der Waals surface area contributed by atoms with E-state index in [2.05, 4.69) is 15.9 Å². The van der Waals surface area contributed by atoms with Crippen molar-refractivity contribution in [3.8, 4) is 11.8 Å². The van der Waals surface area contributed by atoms with Crippen LogP contribution < -0.4 is 4.74 Å². The largest absolute Gasteiger partial charge is 0.482 e. The van der Waals surface area contributed by atoms with Crippen LogP contribution in [0.3, 0.4) is 0 Å². The minimum absolute atomic E-state index is 0.0797. The first kappa shape index (κ1) is 16.9. The molecule has 0 fully saturated rings. The van der Waals surface area contributed by atoms with Crippen LogP contribution in [-0.2, 0) is 14.3 Å². The van der Waals surface area contributed by atoms with Gasteiger partial charge in [-0.2, -0.15) is 5.26 Å². The summed E-state index contributed by atoms with van der Waals surface area (Å²) in [5, 5.41) is 16.0. The molecule has 0 radical (unpaired) electrons. The number of hydrogen-bond acceptors (Lipinski definition) is 6. The molecule has 0 saturated carbocycles. The number of carbonyl (C=O) groups excluding carboxylic acids is 2. The molecule has 1 unspecified atom stereocenters. The molecule has 0 aliphatic carbocycles. The zero-order chi connectivity index (χ0) is 15.8. The molecule has 110 valence electrons. The Balaban J connectivity index is 2.40. The zero-order valence-corrected chi connectivity index (χ0v) is 12.8. The Bertz CT molecular complexity index is 595. The number of rotatable bonds is 7. The van der Waals surface area contributed by atoms with Gasteiger partial charge < -0.3 is 14.9 Å². The fourth-order valence-corrected chi connectivity index (χ4v) is 1.76. The third kappa shape index (κ3) is 5.75. The van der Waals surface area contributed by atoms with E-state index in [4.69, 9.17) is 20.1 Å². The molecule has 0 aliphatic heterocycles. The number of carbonyl (C=O) groups is 2. The highest BCUT2D eigenvalue weighted by Crippen LogP contribution is 2.17. The van der Waals surface area contributed by atoms with Gasteiger partial charge in [0.2, 0.25) is 0 Å². The Kier molecular flexibility index (Phi) is 6.56. The molecule has 0 amide bonds. The van der Waals surface area contributed by atoms with Crippen LogP contribution in [0.1, 0.15) is 6.92 Å². The smallest absolute Gasteiger partial charge is 0.344 e. The van der Waals surface area contributed by atoms with E-state index in [1.54, 1.807) is 24.3 Å². The van der Waals surface area contributed by atoms with Gasteiger partial charge >= 0.3 is 5.97 Å². The fraction of sp³-hybridized carbons (Fsp3) is 0.286. The second kappa shape index (κ2) is 8.17. The lowest BCUT2D eigenvalue weighted by atomic mass is 10.0. The molecule has 1 aromatic rings. The predicted octanol–water partition coefficient (Wildman–Crippen LogP) is 2.12. The van der Waals surface area contributed by atoms with Crippen LogP contribution in [0.4, 0.5) is 0 Å². The molecule has 0 heterocycles. The molecule has 0 bridgehead atoms. The van der Waals surface area contributed by atoms with Crippen molar-refractivity contribution in [1.82, 2.24) is 0 Å². The van der Waals surface area contributed by atoms with Crippen molar-refractivity contribution >= 4 is 33.4 Å². The number of nitriles is 1. The Labute approximate surface area is 130 Å². The summed E-state index contributed by atoms with van der Waals surface area (Å²) >= 11 is 3.26. The van der Waals surface area contributed by atoms with Crippen molar-refractivity contribution in [3.63, 3.8) is 0 Å². The van der Waals surface area contributed by atoms with E-state index in [1.807, 2.05) is 6.07 Å². The van der Waals surface area contributed by atoms with Gasteiger partial charge in [-0.25, -0.2) is 4.79 Å². The number of ether oxygens (including phenoxy) is 2. The summed E-state index contributed by atoms with van der Waals surface area (Å²) in [7, 11) is 0. The topological polar surface area (TPSA) is 100 Å². The minimum Gasteiger partial charge on any atom is -0.482 e. The van der Waals surface area contributed by atoms with Crippen LogP contribution in [0.15, 0.2) is 28.7 Å². The van der Waals surface area contributed by atoms with Gasteiger partial charge in [-0.1, -0.05) is 22.0 Å². The number of ketones is 1. The molecular weight excluding hydrogens is 340 g/mol. The van der Waals surface area contributed by atoms with E-state index in [-0.39, 0.29) is 12.3 Å². The predicted molar refractivity (Wildman–Crippen MR) is 78.1 cm³/mol. The summed E-state index contributed by atoms with van der Waals surface area (Å²) in [5.41, 5.74) is -0.0797. The molecule has 0 saturated heterocycles. The Hall–Kier alpha value is -2.20. The summed E-state index contributed by atoms with van der Waals surface area (Å²) in [5.74, 6) is -2.04. The summed E-state index contributed by atoms with van der Waals surface area (Å²) in [6, 6.07) is 8.60. The molecular formula is C14H13BrN2O4. The first-order valence-electron chi connectivity index (χ1n) is 5.95. The SMILES string of the molecule is CC(=N)C(C#N)C(=O)COC(=O)COc1cccc(Br)c1. The number of nitrogens with zero attached hydrogens (tertiary/aromatic N) is 1. The Morgan fingerprint density at radius 3 is 2.71 bits per heavy atom. The highest BCUT2D eigenvalue weighted by atomic mass is 79.9. The monoisotopic (exact) mass is 352 g/mol. The van der Waals surface area contributed by atoms with E-state index in [1.165, 1.54) is 6.92 Å². The maximum Gasteiger partial charge on any atom is 0.344 e. The lowest BCUT2D eigenvalue weighted by Crippen LogP contribution is -2.27. The third-order valence-electron chi connectivity index (χ3n) is 2.41. The normalized spacial score (nSPS) is 11.1. The van der Waals surface area contributed by atoms with Crippen LogP contribution in [-0.4, -0.2) is 30.7 Å². The van der Waals surface area contributed by atoms with Gasteiger partial charge in [-0.05, 0) is 25.1 Å². The second-order valence-corrected chi connectivity index (χ2v) is 5.03.